The third-order valence-corrected chi connectivity index (χ3v) is 2.26. The number of aromatic nitrogens is 2. The van der Waals surface area contributed by atoms with E-state index >= 15 is 0 Å². The molecule has 0 aliphatic carbocycles. The van der Waals surface area contributed by atoms with Crippen molar-refractivity contribution < 1.29 is 9.47 Å². The molecule has 0 atom stereocenters. The summed E-state index contributed by atoms with van der Waals surface area (Å²) in [5.41, 5.74) is 5.72. The molecule has 0 aliphatic rings. The molecule has 2 aromatic rings. The smallest absolute Gasteiger partial charge is 0.347 e. The van der Waals surface area contributed by atoms with E-state index in [9.17, 15) is 4.79 Å². The zero-order valence-corrected chi connectivity index (χ0v) is 10.1. The van der Waals surface area contributed by atoms with Crippen LogP contribution in [0.5, 0.6) is 11.5 Å². The van der Waals surface area contributed by atoms with E-state index in [0.29, 0.717) is 22.4 Å². The highest BCUT2D eigenvalue weighted by Gasteiger charge is 2.09. The largest absolute Gasteiger partial charge is 0.493 e. The van der Waals surface area contributed by atoms with Gasteiger partial charge in [0.25, 0.3) is 0 Å². The second-order valence-electron chi connectivity index (χ2n) is 3.18. The summed E-state index contributed by atoms with van der Waals surface area (Å²) in [5, 5.41) is 0.622. The van der Waals surface area contributed by atoms with Gasteiger partial charge in [-0.2, -0.15) is 4.98 Å². The normalized spacial score (nSPS) is 9.76. The van der Waals surface area contributed by atoms with E-state index in [4.69, 9.17) is 15.2 Å². The fourth-order valence-corrected chi connectivity index (χ4v) is 1.51. The molecule has 1 aromatic heterocycles. The van der Waals surface area contributed by atoms with Crippen molar-refractivity contribution in [2.24, 2.45) is 0 Å². The number of hydrogen-bond acceptors (Lipinski definition) is 5. The van der Waals surface area contributed by atoms with Crippen LogP contribution in [0.4, 0.5) is 5.82 Å². The molecule has 0 spiro atoms. The van der Waals surface area contributed by atoms with E-state index in [-0.39, 0.29) is 18.2 Å². The fraction of sp³-hybridized carbons (Fsp3) is 0.200. The summed E-state index contributed by atoms with van der Waals surface area (Å²) < 4.78 is 10.2. The monoisotopic (exact) mass is 257 g/mol. The molecule has 1 aromatic carbocycles. The summed E-state index contributed by atoms with van der Waals surface area (Å²) >= 11 is 0. The number of ether oxygens (including phenoxy) is 2. The molecule has 92 valence electrons. The van der Waals surface area contributed by atoms with Gasteiger partial charge in [0.05, 0.1) is 19.7 Å². The number of H-pyrrole nitrogens is 1. The summed E-state index contributed by atoms with van der Waals surface area (Å²) in [6.45, 7) is 0. The van der Waals surface area contributed by atoms with Crippen LogP contribution >= 0.6 is 12.4 Å². The number of nitrogens with two attached hydrogens (primary N) is 1. The first kappa shape index (κ1) is 13.1. The van der Waals surface area contributed by atoms with E-state index in [2.05, 4.69) is 9.97 Å². The molecule has 0 bridgehead atoms. The number of halogens is 1. The van der Waals surface area contributed by atoms with Crippen molar-refractivity contribution in [3.63, 3.8) is 0 Å². The second-order valence-corrected chi connectivity index (χ2v) is 3.18. The van der Waals surface area contributed by atoms with Gasteiger partial charge in [0, 0.05) is 11.5 Å². The van der Waals surface area contributed by atoms with Crippen molar-refractivity contribution in [2.75, 3.05) is 20.0 Å². The molecule has 0 saturated heterocycles. The van der Waals surface area contributed by atoms with Gasteiger partial charge in [0.1, 0.15) is 5.82 Å². The Morgan fingerprint density at radius 2 is 1.82 bits per heavy atom. The molecule has 0 amide bonds. The maximum Gasteiger partial charge on any atom is 0.347 e. The standard InChI is InChI=1S/C10H11N3O3.ClH/c1-15-7-3-5-6(4-8(7)16-2)12-10(14)13-9(5)11;/h3-4H,1-2H3,(H3,11,12,13,14);1H. The van der Waals surface area contributed by atoms with Crippen LogP contribution in [0.3, 0.4) is 0 Å². The Kier molecular flexibility index (Phi) is 3.80. The van der Waals surface area contributed by atoms with Crippen molar-refractivity contribution in [2.45, 2.75) is 0 Å². The van der Waals surface area contributed by atoms with Crippen LogP contribution < -0.4 is 20.9 Å². The van der Waals surface area contributed by atoms with Crippen LogP contribution in [0, 0.1) is 0 Å². The van der Waals surface area contributed by atoms with E-state index in [1.54, 1.807) is 12.1 Å². The first-order valence-corrected chi connectivity index (χ1v) is 4.57. The first-order chi connectivity index (χ1) is 7.65. The Labute approximate surface area is 103 Å². The Morgan fingerprint density at radius 3 is 2.41 bits per heavy atom. The summed E-state index contributed by atoms with van der Waals surface area (Å²) in [4.78, 5) is 17.3. The molecule has 0 unspecified atom stereocenters. The molecule has 0 radical (unpaired) electrons. The number of nitrogens with zero attached hydrogens (tertiary/aromatic N) is 1. The number of fused-ring (bicyclic) bond motifs is 1. The molecular formula is C10H12ClN3O3. The number of aromatic amines is 1. The van der Waals surface area contributed by atoms with Gasteiger partial charge >= 0.3 is 5.69 Å². The SMILES string of the molecule is COc1cc2[nH]c(=O)nc(N)c2cc1OC.Cl. The molecule has 0 saturated carbocycles. The topological polar surface area (TPSA) is 90.2 Å². The maximum atomic E-state index is 11.1. The van der Waals surface area contributed by atoms with Crippen LogP contribution in [-0.4, -0.2) is 24.2 Å². The summed E-state index contributed by atoms with van der Waals surface area (Å²) in [6, 6.07) is 3.32. The number of nitrogens with one attached hydrogen (secondary N) is 1. The molecule has 0 fully saturated rings. The van der Waals surface area contributed by atoms with Crippen LogP contribution in [0.1, 0.15) is 0 Å². The highest BCUT2D eigenvalue weighted by molar-refractivity contribution is 5.90. The van der Waals surface area contributed by atoms with Gasteiger partial charge in [-0.15, -0.1) is 12.4 Å². The van der Waals surface area contributed by atoms with Gasteiger partial charge in [-0.05, 0) is 6.07 Å². The maximum absolute atomic E-state index is 11.1. The lowest BCUT2D eigenvalue weighted by Crippen LogP contribution is -2.12. The lowest BCUT2D eigenvalue weighted by Gasteiger charge is -2.09. The quantitative estimate of drug-likeness (QED) is 0.836. The van der Waals surface area contributed by atoms with Crippen molar-refractivity contribution in [3.05, 3.63) is 22.6 Å². The Balaban J connectivity index is 0.00000144. The number of hydrogen-bond donors (Lipinski definition) is 2. The van der Waals surface area contributed by atoms with Crippen LogP contribution in [0.15, 0.2) is 16.9 Å². The number of benzene rings is 1. The van der Waals surface area contributed by atoms with E-state index in [1.165, 1.54) is 14.2 Å². The van der Waals surface area contributed by atoms with Crippen LogP contribution in [0.25, 0.3) is 10.9 Å². The van der Waals surface area contributed by atoms with Crippen LogP contribution in [-0.2, 0) is 0 Å². The molecule has 3 N–H and O–H groups in total. The molecule has 1 heterocycles. The number of methoxy groups -OCH3 is 2. The lowest BCUT2D eigenvalue weighted by atomic mass is 10.2. The Bertz CT molecular complexity index is 597. The summed E-state index contributed by atoms with van der Waals surface area (Å²) in [5.74, 6) is 1.23. The molecule has 7 heteroatoms. The average molecular weight is 258 g/mol. The number of nitrogen functional groups attached to an aromatic ring is 1. The minimum absolute atomic E-state index is 0. The van der Waals surface area contributed by atoms with Gasteiger partial charge in [-0.25, -0.2) is 4.79 Å². The molecule has 17 heavy (non-hydrogen) atoms. The molecule has 6 nitrogen and oxygen atoms in total. The van der Waals surface area contributed by atoms with Gasteiger partial charge in [0.15, 0.2) is 11.5 Å². The molecule has 2 rings (SSSR count). The molecular weight excluding hydrogens is 246 g/mol. The van der Waals surface area contributed by atoms with Gasteiger partial charge in [-0.1, -0.05) is 0 Å². The zero-order valence-electron chi connectivity index (χ0n) is 9.31. The third-order valence-electron chi connectivity index (χ3n) is 2.26. The Morgan fingerprint density at radius 1 is 1.24 bits per heavy atom. The third kappa shape index (κ3) is 2.26. The van der Waals surface area contributed by atoms with Crippen molar-refractivity contribution >= 4 is 29.1 Å². The van der Waals surface area contributed by atoms with Gasteiger partial charge in [-0.3, -0.25) is 0 Å². The van der Waals surface area contributed by atoms with Crippen LogP contribution in [0.2, 0.25) is 0 Å². The lowest BCUT2D eigenvalue weighted by molar-refractivity contribution is 0.356. The van der Waals surface area contributed by atoms with Gasteiger partial charge in [0.2, 0.25) is 0 Å². The first-order valence-electron chi connectivity index (χ1n) is 4.57. The van der Waals surface area contributed by atoms with Crippen molar-refractivity contribution in [1.29, 1.82) is 0 Å². The Hall–Kier alpha value is -1.95. The number of anilines is 1. The minimum Gasteiger partial charge on any atom is -0.493 e. The van der Waals surface area contributed by atoms with Crippen molar-refractivity contribution in [1.82, 2.24) is 9.97 Å². The van der Waals surface area contributed by atoms with E-state index in [1.807, 2.05) is 0 Å². The predicted molar refractivity (Wildman–Crippen MR) is 67.1 cm³/mol. The predicted octanol–water partition coefficient (Wildman–Crippen LogP) is 0.944. The average Bonchev–Trinajstić information content (AvgIpc) is 2.27. The molecule has 0 aliphatic heterocycles. The highest BCUT2D eigenvalue weighted by atomic mass is 35.5. The fourth-order valence-electron chi connectivity index (χ4n) is 1.51. The minimum atomic E-state index is -0.489. The summed E-state index contributed by atoms with van der Waals surface area (Å²) in [6.07, 6.45) is 0. The number of rotatable bonds is 2. The summed E-state index contributed by atoms with van der Waals surface area (Å²) in [7, 11) is 3.05. The highest BCUT2D eigenvalue weighted by Crippen LogP contribution is 2.32. The van der Waals surface area contributed by atoms with Gasteiger partial charge < -0.3 is 20.2 Å². The second kappa shape index (κ2) is 4.92. The zero-order chi connectivity index (χ0) is 11.7. The van der Waals surface area contributed by atoms with E-state index in [0.717, 1.165) is 0 Å². The van der Waals surface area contributed by atoms with Crippen molar-refractivity contribution in [3.8, 4) is 11.5 Å². The van der Waals surface area contributed by atoms with E-state index < -0.39 is 5.69 Å².